The van der Waals surface area contributed by atoms with Gasteiger partial charge in [0.2, 0.25) is 0 Å². The Balaban J connectivity index is 1.48. The quantitative estimate of drug-likeness (QED) is 0.621. The summed E-state index contributed by atoms with van der Waals surface area (Å²) in [6.45, 7) is 5.61. The van der Waals surface area contributed by atoms with Gasteiger partial charge >= 0.3 is 22.3 Å². The van der Waals surface area contributed by atoms with Gasteiger partial charge in [-0.25, -0.2) is 9.59 Å². The first kappa shape index (κ1) is 23.0. The van der Waals surface area contributed by atoms with Crippen molar-refractivity contribution in [3.8, 4) is 0 Å². The van der Waals surface area contributed by atoms with Crippen LogP contribution in [0.15, 0.2) is 48.5 Å². The number of anilines is 2. The molecule has 11 heteroatoms. The molecule has 0 radical (unpaired) electrons. The minimum absolute atomic E-state index is 0.0836. The van der Waals surface area contributed by atoms with E-state index < -0.39 is 22.3 Å². The van der Waals surface area contributed by atoms with E-state index in [1.165, 1.54) is 12.1 Å². The number of piperazine rings is 2. The number of hydrogen-bond acceptors (Lipinski definition) is 10. The van der Waals surface area contributed by atoms with Gasteiger partial charge < -0.3 is 28.8 Å². The molecule has 0 aliphatic carbocycles. The molecule has 0 aromatic heterocycles. The lowest BCUT2D eigenvalue weighted by atomic mass is 10.1. The first-order valence-electron chi connectivity index (χ1n) is 10.8. The van der Waals surface area contributed by atoms with Crippen LogP contribution < -0.4 is 20.4 Å². The highest BCUT2D eigenvalue weighted by molar-refractivity contribution is 7.82. The van der Waals surface area contributed by atoms with Crippen LogP contribution in [0.2, 0.25) is 0 Å². The molecule has 2 aromatic rings. The Kier molecular flexibility index (Phi) is 7.11. The Hall–Kier alpha value is -3.15. The van der Waals surface area contributed by atoms with E-state index in [2.05, 4.69) is 19.0 Å². The Morgan fingerprint density at radius 3 is 1.42 bits per heavy atom. The second-order valence-corrected chi connectivity index (χ2v) is 8.81. The smallest absolute Gasteiger partial charge is 0.368 e. The standard InChI is InChI=1S/C22H26N4O6S/c27-21(17-5-1-3-7-19(17)25-13-9-23-10-14-25)31-33(29,30)32-22(28)18-6-2-4-8-20(18)26-15-11-24-12-16-26/h1-8,23-24H,9-16H2. The van der Waals surface area contributed by atoms with E-state index in [0.29, 0.717) is 37.6 Å². The van der Waals surface area contributed by atoms with Crippen LogP contribution in [-0.2, 0) is 18.8 Å². The van der Waals surface area contributed by atoms with E-state index in [0.717, 1.165) is 26.2 Å². The molecule has 2 aromatic carbocycles. The monoisotopic (exact) mass is 474 g/mol. The first-order chi connectivity index (χ1) is 15.9. The number of benzene rings is 2. The first-order valence-corrected chi connectivity index (χ1v) is 12.1. The SMILES string of the molecule is O=C(OS(=O)(=O)OC(=O)c1ccccc1N1CCNCC1)c1ccccc1N1CCNCC1. The summed E-state index contributed by atoms with van der Waals surface area (Å²) in [5, 5.41) is 6.44. The number of rotatable bonds is 6. The second-order valence-electron chi connectivity index (χ2n) is 7.66. The van der Waals surface area contributed by atoms with Crippen molar-refractivity contribution >= 4 is 33.7 Å². The molecule has 2 fully saturated rings. The maximum Gasteiger partial charge on any atom is 0.506 e. The van der Waals surface area contributed by atoms with Gasteiger partial charge in [0, 0.05) is 52.4 Å². The van der Waals surface area contributed by atoms with Crippen LogP contribution in [0.5, 0.6) is 0 Å². The van der Waals surface area contributed by atoms with Crippen LogP contribution in [-0.4, -0.2) is 72.7 Å². The van der Waals surface area contributed by atoms with Gasteiger partial charge in [0.1, 0.15) is 0 Å². The van der Waals surface area contributed by atoms with Crippen LogP contribution in [0.3, 0.4) is 0 Å². The third kappa shape index (κ3) is 5.62. The lowest BCUT2D eigenvalue weighted by molar-refractivity contribution is 0.0648. The molecule has 0 unspecified atom stereocenters. The van der Waals surface area contributed by atoms with Crippen molar-refractivity contribution in [1.82, 2.24) is 10.6 Å². The molecule has 2 heterocycles. The van der Waals surface area contributed by atoms with Gasteiger partial charge in [-0.3, -0.25) is 0 Å². The molecule has 10 nitrogen and oxygen atoms in total. The van der Waals surface area contributed by atoms with Crippen LogP contribution in [0, 0.1) is 0 Å². The summed E-state index contributed by atoms with van der Waals surface area (Å²) in [5.74, 6) is -2.21. The largest absolute Gasteiger partial charge is 0.506 e. The summed E-state index contributed by atoms with van der Waals surface area (Å²) in [4.78, 5) is 29.3. The maximum atomic E-state index is 12.7. The molecule has 2 saturated heterocycles. The zero-order chi connectivity index (χ0) is 23.3. The summed E-state index contributed by atoms with van der Waals surface area (Å²) < 4.78 is 34.2. The molecule has 2 N–H and O–H groups in total. The second kappa shape index (κ2) is 10.2. The van der Waals surface area contributed by atoms with Gasteiger partial charge in [0.05, 0.1) is 22.5 Å². The highest BCUT2D eigenvalue weighted by Gasteiger charge is 2.29. The van der Waals surface area contributed by atoms with E-state index in [4.69, 9.17) is 0 Å². The number of nitrogens with zero attached hydrogens (tertiary/aromatic N) is 2. The van der Waals surface area contributed by atoms with E-state index in [1.807, 2.05) is 9.80 Å². The molecular formula is C22H26N4O6S. The lowest BCUT2D eigenvalue weighted by Gasteiger charge is -2.30. The molecular weight excluding hydrogens is 448 g/mol. The predicted molar refractivity (Wildman–Crippen MR) is 123 cm³/mol. The summed E-state index contributed by atoms with van der Waals surface area (Å²) in [6.07, 6.45) is 0. The van der Waals surface area contributed by atoms with E-state index >= 15 is 0 Å². The molecule has 176 valence electrons. The molecule has 33 heavy (non-hydrogen) atoms. The topological polar surface area (TPSA) is 117 Å². The fourth-order valence-corrected chi connectivity index (χ4v) is 4.53. The van der Waals surface area contributed by atoms with E-state index in [9.17, 15) is 18.0 Å². The normalized spacial score (nSPS) is 16.8. The molecule has 0 amide bonds. The van der Waals surface area contributed by atoms with Crippen molar-refractivity contribution in [1.29, 1.82) is 0 Å². The van der Waals surface area contributed by atoms with Crippen molar-refractivity contribution in [2.24, 2.45) is 0 Å². The van der Waals surface area contributed by atoms with Gasteiger partial charge in [0.15, 0.2) is 0 Å². The summed E-state index contributed by atoms with van der Waals surface area (Å²) >= 11 is 0. The molecule has 4 rings (SSSR count). The van der Waals surface area contributed by atoms with Crippen molar-refractivity contribution in [3.05, 3.63) is 59.7 Å². The minimum Gasteiger partial charge on any atom is -0.368 e. The zero-order valence-electron chi connectivity index (χ0n) is 18.0. The fraction of sp³-hybridized carbons (Fsp3) is 0.364. The molecule has 0 atom stereocenters. The van der Waals surface area contributed by atoms with Crippen LogP contribution >= 0.6 is 0 Å². The van der Waals surface area contributed by atoms with E-state index in [-0.39, 0.29) is 11.1 Å². The van der Waals surface area contributed by atoms with Gasteiger partial charge in [0.25, 0.3) is 0 Å². The van der Waals surface area contributed by atoms with Crippen LogP contribution in [0.1, 0.15) is 20.7 Å². The Bertz CT molecular complexity index is 1030. The predicted octanol–water partition coefficient (Wildman–Crippen LogP) is 0.764. The highest BCUT2D eigenvalue weighted by atomic mass is 32.3. The van der Waals surface area contributed by atoms with Crippen LogP contribution in [0.4, 0.5) is 11.4 Å². The molecule has 0 bridgehead atoms. The number of para-hydroxylation sites is 2. The average molecular weight is 475 g/mol. The van der Waals surface area contributed by atoms with Gasteiger partial charge in [-0.2, -0.15) is 0 Å². The zero-order valence-corrected chi connectivity index (χ0v) is 18.8. The van der Waals surface area contributed by atoms with Gasteiger partial charge in [-0.1, -0.05) is 24.3 Å². The van der Waals surface area contributed by atoms with Gasteiger partial charge in [-0.15, -0.1) is 8.42 Å². The summed E-state index contributed by atoms with van der Waals surface area (Å²) in [5.41, 5.74) is 1.30. The maximum absolute atomic E-state index is 12.7. The fourth-order valence-electron chi connectivity index (χ4n) is 3.95. The summed E-state index contributed by atoms with van der Waals surface area (Å²) in [6, 6.07) is 13.2. The van der Waals surface area contributed by atoms with Crippen LogP contribution in [0.25, 0.3) is 0 Å². The number of carbonyl (C=O) groups is 2. The minimum atomic E-state index is -4.93. The third-order valence-electron chi connectivity index (χ3n) is 5.52. The number of hydrogen-bond donors (Lipinski definition) is 2. The Morgan fingerprint density at radius 2 is 1.03 bits per heavy atom. The molecule has 0 spiro atoms. The van der Waals surface area contributed by atoms with Gasteiger partial charge in [-0.05, 0) is 24.3 Å². The van der Waals surface area contributed by atoms with Crippen molar-refractivity contribution < 1.29 is 26.4 Å². The average Bonchev–Trinajstić information content (AvgIpc) is 2.84. The van der Waals surface area contributed by atoms with Crippen molar-refractivity contribution in [2.75, 3.05) is 62.2 Å². The van der Waals surface area contributed by atoms with E-state index in [1.54, 1.807) is 36.4 Å². The highest BCUT2D eigenvalue weighted by Crippen LogP contribution is 2.25. The summed E-state index contributed by atoms with van der Waals surface area (Å²) in [7, 11) is -4.93. The Labute approximate surface area is 192 Å². The molecule has 2 aliphatic heterocycles. The lowest BCUT2D eigenvalue weighted by Crippen LogP contribution is -2.44. The molecule has 0 saturated carbocycles. The number of carbonyl (C=O) groups excluding carboxylic acids is 2. The number of nitrogens with one attached hydrogen (secondary N) is 2. The van der Waals surface area contributed by atoms with Crippen molar-refractivity contribution in [3.63, 3.8) is 0 Å². The molecule has 2 aliphatic rings. The third-order valence-corrected chi connectivity index (χ3v) is 6.23. The Morgan fingerprint density at radius 1 is 0.667 bits per heavy atom. The van der Waals surface area contributed by atoms with Crippen molar-refractivity contribution in [2.45, 2.75) is 0 Å².